The topological polar surface area (TPSA) is 116 Å². The average molecular weight is 579 g/mol. The molecule has 0 bridgehead atoms. The summed E-state index contributed by atoms with van der Waals surface area (Å²) in [4.78, 5) is 29.2. The number of hydrogen-bond acceptors (Lipinski definition) is 9. The molecule has 6 rings (SSSR count). The summed E-state index contributed by atoms with van der Waals surface area (Å²) in [5.74, 6) is 0.780. The lowest BCUT2D eigenvalue weighted by Gasteiger charge is -2.33. The Kier molecular flexibility index (Phi) is 7.94. The zero-order chi connectivity index (χ0) is 29.2. The molecule has 1 saturated heterocycles. The maximum absolute atomic E-state index is 13.4. The largest absolute Gasteiger partial charge is 0.434 e. The number of nitrogens with zero attached hydrogens (tertiary/aromatic N) is 7. The molecule has 42 heavy (non-hydrogen) atoms. The van der Waals surface area contributed by atoms with Gasteiger partial charge in [-0.15, -0.1) is 0 Å². The number of rotatable bonds is 10. The second-order valence-electron chi connectivity index (χ2n) is 10.5. The van der Waals surface area contributed by atoms with Crippen LogP contribution in [0.25, 0.3) is 44.6 Å². The van der Waals surface area contributed by atoms with E-state index in [4.69, 9.17) is 9.15 Å². The standard InChI is InChI=1S/C29H32F2N8O3/c1-37-17-20(15-35-37)19-12-22-26-27(42-28(22)34-14-19)25(36-29(40)39(26)8-3-11-41-2)18-4-5-24(33-13-18)38-9-6-21(7-10-38)32-16-23(30)31/h4-5,12-15,17,21,23,32H,3,6-11,16H2,1-2H3. The molecule has 0 aromatic carbocycles. The number of hydrogen-bond donors (Lipinski definition) is 1. The number of pyridine rings is 2. The van der Waals surface area contributed by atoms with Gasteiger partial charge in [-0.3, -0.25) is 9.25 Å². The van der Waals surface area contributed by atoms with Crippen molar-refractivity contribution in [3.05, 3.63) is 53.5 Å². The van der Waals surface area contributed by atoms with Crippen LogP contribution < -0.4 is 15.9 Å². The number of methoxy groups -OCH3 is 1. The third kappa shape index (κ3) is 5.61. The number of nitrogens with one attached hydrogen (secondary N) is 1. The van der Waals surface area contributed by atoms with Crippen molar-refractivity contribution in [1.82, 2.24) is 34.6 Å². The van der Waals surface area contributed by atoms with E-state index in [2.05, 4.69) is 30.3 Å². The number of fused-ring (bicyclic) bond motifs is 3. The minimum absolute atomic E-state index is 0.0720. The molecule has 0 atom stereocenters. The van der Waals surface area contributed by atoms with Gasteiger partial charge in [-0.2, -0.15) is 10.1 Å². The first-order valence-corrected chi connectivity index (χ1v) is 13.9. The Morgan fingerprint density at radius 1 is 1.12 bits per heavy atom. The fourth-order valence-corrected chi connectivity index (χ4v) is 5.48. The summed E-state index contributed by atoms with van der Waals surface area (Å²) >= 11 is 0. The van der Waals surface area contributed by atoms with Gasteiger partial charge in [0.15, 0.2) is 5.58 Å². The van der Waals surface area contributed by atoms with Crippen molar-refractivity contribution in [2.75, 3.05) is 38.3 Å². The lowest BCUT2D eigenvalue weighted by Crippen LogP contribution is -2.44. The minimum Gasteiger partial charge on any atom is -0.434 e. The van der Waals surface area contributed by atoms with Gasteiger partial charge in [-0.05, 0) is 37.5 Å². The summed E-state index contributed by atoms with van der Waals surface area (Å²) in [6.07, 6.45) is 6.87. The number of furan rings is 1. The summed E-state index contributed by atoms with van der Waals surface area (Å²) < 4.78 is 39.9. The highest BCUT2D eigenvalue weighted by atomic mass is 19.3. The van der Waals surface area contributed by atoms with E-state index in [-0.39, 0.29) is 12.6 Å². The number of ether oxygens (including phenoxy) is 1. The molecule has 1 aliphatic heterocycles. The second-order valence-corrected chi connectivity index (χ2v) is 10.5. The van der Waals surface area contributed by atoms with Gasteiger partial charge in [0.1, 0.15) is 17.0 Å². The van der Waals surface area contributed by atoms with Crippen LogP contribution in [0.1, 0.15) is 19.3 Å². The SMILES string of the molecule is COCCCn1c(=O)nc(-c2ccc(N3CCC(NCC(F)F)CC3)nc2)c2oc3ncc(-c4cnn(C)c4)cc3c21. The third-order valence-corrected chi connectivity index (χ3v) is 7.61. The summed E-state index contributed by atoms with van der Waals surface area (Å²) in [6.45, 7) is 2.03. The van der Waals surface area contributed by atoms with Gasteiger partial charge < -0.3 is 19.4 Å². The molecule has 13 heteroatoms. The molecule has 1 fully saturated rings. The Morgan fingerprint density at radius 3 is 2.62 bits per heavy atom. The Balaban J connectivity index is 1.35. The fraction of sp³-hybridized carbons (Fsp3) is 0.414. The molecule has 0 radical (unpaired) electrons. The molecule has 0 aliphatic carbocycles. The molecule has 11 nitrogen and oxygen atoms in total. The van der Waals surface area contributed by atoms with E-state index < -0.39 is 12.1 Å². The fourth-order valence-electron chi connectivity index (χ4n) is 5.48. The van der Waals surface area contributed by atoms with Crippen LogP contribution in [0.5, 0.6) is 0 Å². The molecule has 0 amide bonds. The molecule has 0 spiro atoms. The Hall–Kier alpha value is -4.23. The zero-order valence-electron chi connectivity index (χ0n) is 23.5. The van der Waals surface area contributed by atoms with Crippen LogP contribution >= 0.6 is 0 Å². The minimum atomic E-state index is -2.35. The van der Waals surface area contributed by atoms with E-state index in [1.54, 1.807) is 34.9 Å². The average Bonchev–Trinajstić information content (AvgIpc) is 3.61. The molecule has 1 N–H and O–H groups in total. The van der Waals surface area contributed by atoms with E-state index in [0.717, 1.165) is 29.8 Å². The van der Waals surface area contributed by atoms with Crippen molar-refractivity contribution in [1.29, 1.82) is 0 Å². The Morgan fingerprint density at radius 2 is 1.93 bits per heavy atom. The first-order chi connectivity index (χ1) is 20.4. The van der Waals surface area contributed by atoms with Crippen molar-refractivity contribution >= 4 is 28.0 Å². The lowest BCUT2D eigenvalue weighted by atomic mass is 10.0. The second kappa shape index (κ2) is 11.9. The highest BCUT2D eigenvalue weighted by molar-refractivity contribution is 6.06. The van der Waals surface area contributed by atoms with Gasteiger partial charge in [0.25, 0.3) is 6.43 Å². The number of aryl methyl sites for hydroxylation is 2. The number of alkyl halides is 2. The third-order valence-electron chi connectivity index (χ3n) is 7.61. The predicted molar refractivity (Wildman–Crippen MR) is 155 cm³/mol. The maximum Gasteiger partial charge on any atom is 0.348 e. The van der Waals surface area contributed by atoms with Crippen LogP contribution in [0, 0.1) is 0 Å². The monoisotopic (exact) mass is 578 g/mol. The van der Waals surface area contributed by atoms with Gasteiger partial charge in [0, 0.05) is 81.7 Å². The van der Waals surface area contributed by atoms with E-state index >= 15 is 0 Å². The van der Waals surface area contributed by atoms with Crippen molar-refractivity contribution in [2.45, 2.75) is 38.3 Å². The highest BCUT2D eigenvalue weighted by Gasteiger charge is 2.23. The van der Waals surface area contributed by atoms with Crippen LogP contribution in [0.4, 0.5) is 14.6 Å². The zero-order valence-corrected chi connectivity index (χ0v) is 23.5. The first-order valence-electron chi connectivity index (χ1n) is 13.9. The predicted octanol–water partition coefficient (Wildman–Crippen LogP) is 3.86. The van der Waals surface area contributed by atoms with Gasteiger partial charge >= 0.3 is 5.69 Å². The molecule has 5 aromatic rings. The Labute approximate surface area is 240 Å². The normalized spacial score (nSPS) is 14.5. The van der Waals surface area contributed by atoms with E-state index in [1.807, 2.05) is 31.4 Å². The van der Waals surface area contributed by atoms with E-state index in [1.165, 1.54) is 0 Å². The van der Waals surface area contributed by atoms with Crippen molar-refractivity contribution in [2.24, 2.45) is 7.05 Å². The molecule has 0 saturated carbocycles. The van der Waals surface area contributed by atoms with Crippen LogP contribution in [0.3, 0.4) is 0 Å². The molecule has 220 valence electrons. The molecule has 5 aromatic heterocycles. The number of anilines is 1. The van der Waals surface area contributed by atoms with Crippen LogP contribution in [0.15, 0.2) is 52.2 Å². The van der Waals surface area contributed by atoms with E-state index in [9.17, 15) is 13.6 Å². The van der Waals surface area contributed by atoms with Crippen LogP contribution in [0.2, 0.25) is 0 Å². The summed E-state index contributed by atoms with van der Waals surface area (Å²) in [6, 6.07) is 5.80. The quantitative estimate of drug-likeness (QED) is 0.247. The highest BCUT2D eigenvalue weighted by Crippen LogP contribution is 2.35. The van der Waals surface area contributed by atoms with Crippen molar-refractivity contribution < 1.29 is 17.9 Å². The van der Waals surface area contributed by atoms with Crippen molar-refractivity contribution in [3.8, 4) is 22.4 Å². The van der Waals surface area contributed by atoms with Crippen LogP contribution in [-0.2, 0) is 18.3 Å². The first kappa shape index (κ1) is 27.9. The van der Waals surface area contributed by atoms with Crippen LogP contribution in [-0.4, -0.2) is 75.1 Å². The van der Waals surface area contributed by atoms with Gasteiger partial charge in [0.2, 0.25) is 5.71 Å². The summed E-state index contributed by atoms with van der Waals surface area (Å²) in [5.41, 5.74) is 3.88. The van der Waals surface area contributed by atoms with E-state index in [0.29, 0.717) is 66.1 Å². The van der Waals surface area contributed by atoms with Gasteiger partial charge in [-0.25, -0.2) is 23.5 Å². The molecular formula is C29H32F2N8O3. The molecule has 1 aliphatic rings. The number of aromatic nitrogens is 6. The lowest BCUT2D eigenvalue weighted by molar-refractivity contribution is 0.139. The molecule has 0 unspecified atom stereocenters. The molecular weight excluding hydrogens is 546 g/mol. The van der Waals surface area contributed by atoms with Crippen molar-refractivity contribution in [3.63, 3.8) is 0 Å². The maximum atomic E-state index is 13.4. The molecule has 6 heterocycles. The Bertz CT molecular complexity index is 1740. The smallest absolute Gasteiger partial charge is 0.348 e. The summed E-state index contributed by atoms with van der Waals surface area (Å²) in [5, 5.41) is 7.90. The van der Waals surface area contributed by atoms with Gasteiger partial charge in [0.05, 0.1) is 18.1 Å². The number of piperidine rings is 1. The van der Waals surface area contributed by atoms with Gasteiger partial charge in [-0.1, -0.05) is 0 Å². The number of halogens is 2. The summed E-state index contributed by atoms with van der Waals surface area (Å²) in [7, 11) is 3.48.